The molecule has 0 aliphatic rings. The molecule has 0 spiro atoms. The first kappa shape index (κ1) is 20.3. The number of aliphatic imine (C=N–C) groups is 1. The Balaban J connectivity index is 0.00000288. The minimum absolute atomic E-state index is 0. The second-order valence-electron chi connectivity index (χ2n) is 5.34. The van der Waals surface area contributed by atoms with Gasteiger partial charge in [-0.3, -0.25) is 9.67 Å². The molecule has 1 aromatic heterocycles. The maximum atomic E-state index is 5.94. The minimum atomic E-state index is 0. The third-order valence-electron chi connectivity index (χ3n) is 3.39. The Labute approximate surface area is 160 Å². The summed E-state index contributed by atoms with van der Waals surface area (Å²) >= 11 is 0. The first-order valence-corrected chi connectivity index (χ1v) is 7.83. The minimum Gasteiger partial charge on any atom is -0.489 e. The maximum Gasteiger partial charge on any atom is 0.191 e. The van der Waals surface area contributed by atoms with Crippen molar-refractivity contribution >= 4 is 29.9 Å². The molecule has 0 radical (unpaired) electrons. The number of benzene rings is 1. The fourth-order valence-corrected chi connectivity index (χ4v) is 2.13. The van der Waals surface area contributed by atoms with E-state index >= 15 is 0 Å². The van der Waals surface area contributed by atoms with Crippen LogP contribution in [0.2, 0.25) is 0 Å². The van der Waals surface area contributed by atoms with Gasteiger partial charge in [-0.2, -0.15) is 5.10 Å². The number of hydrogen-bond acceptors (Lipinski definition) is 3. The van der Waals surface area contributed by atoms with Gasteiger partial charge in [-0.15, -0.1) is 24.0 Å². The molecular formula is C17H26IN5O. The number of para-hydroxylation sites is 1. The molecule has 132 valence electrons. The third-order valence-corrected chi connectivity index (χ3v) is 3.39. The monoisotopic (exact) mass is 443 g/mol. The van der Waals surface area contributed by atoms with Gasteiger partial charge in [0.05, 0.1) is 13.1 Å². The summed E-state index contributed by atoms with van der Waals surface area (Å²) in [6, 6.07) is 9.95. The Morgan fingerprint density at radius 1 is 1.29 bits per heavy atom. The van der Waals surface area contributed by atoms with Crippen molar-refractivity contribution < 1.29 is 4.74 Å². The van der Waals surface area contributed by atoms with Crippen molar-refractivity contribution in [2.24, 2.45) is 4.99 Å². The number of aryl methyl sites for hydroxylation is 1. The summed E-state index contributed by atoms with van der Waals surface area (Å²) in [6.45, 7) is 6.31. The lowest BCUT2D eigenvalue weighted by molar-refractivity contribution is 0.222. The second kappa shape index (κ2) is 10.9. The molecule has 0 amide bonds. The lowest BCUT2D eigenvalue weighted by atomic mass is 10.2. The van der Waals surface area contributed by atoms with E-state index in [0.717, 1.165) is 30.4 Å². The predicted molar refractivity (Wildman–Crippen MR) is 108 cm³/mol. The summed E-state index contributed by atoms with van der Waals surface area (Å²) < 4.78 is 7.82. The molecule has 24 heavy (non-hydrogen) atoms. The van der Waals surface area contributed by atoms with Crippen LogP contribution in [0.1, 0.15) is 12.5 Å². The van der Waals surface area contributed by atoms with Gasteiger partial charge in [0, 0.05) is 26.0 Å². The highest BCUT2D eigenvalue weighted by Gasteiger charge is 2.07. The fourth-order valence-electron chi connectivity index (χ4n) is 2.13. The summed E-state index contributed by atoms with van der Waals surface area (Å²) in [5.74, 6) is 1.68. The van der Waals surface area contributed by atoms with E-state index in [1.807, 2.05) is 55.1 Å². The Morgan fingerprint density at radius 3 is 2.75 bits per heavy atom. The smallest absolute Gasteiger partial charge is 0.191 e. The number of rotatable bonds is 7. The summed E-state index contributed by atoms with van der Waals surface area (Å²) in [6.07, 6.45) is 3.76. The van der Waals surface area contributed by atoms with Gasteiger partial charge >= 0.3 is 0 Å². The number of hydrogen-bond donors (Lipinski definition) is 2. The van der Waals surface area contributed by atoms with Crippen LogP contribution < -0.4 is 15.4 Å². The van der Waals surface area contributed by atoms with Crippen molar-refractivity contribution in [1.82, 2.24) is 20.4 Å². The molecular weight excluding hydrogens is 417 g/mol. The highest BCUT2D eigenvalue weighted by Crippen LogP contribution is 2.17. The van der Waals surface area contributed by atoms with Gasteiger partial charge in [-0.05, 0) is 31.5 Å². The van der Waals surface area contributed by atoms with Crippen molar-refractivity contribution in [2.45, 2.75) is 26.5 Å². The van der Waals surface area contributed by atoms with Crippen LogP contribution in [-0.4, -0.2) is 42.0 Å². The topological polar surface area (TPSA) is 63.5 Å². The lowest BCUT2D eigenvalue weighted by Gasteiger charge is -2.18. The van der Waals surface area contributed by atoms with E-state index in [9.17, 15) is 0 Å². The Hall–Kier alpha value is -1.77. The first-order valence-electron chi connectivity index (χ1n) is 7.83. The molecule has 0 bridgehead atoms. The molecule has 6 nitrogen and oxygen atoms in total. The molecule has 0 fully saturated rings. The molecule has 0 saturated heterocycles. The van der Waals surface area contributed by atoms with Crippen LogP contribution in [0.4, 0.5) is 0 Å². The fraction of sp³-hybridized carbons (Fsp3) is 0.412. The molecule has 7 heteroatoms. The van der Waals surface area contributed by atoms with E-state index < -0.39 is 0 Å². The van der Waals surface area contributed by atoms with Crippen molar-refractivity contribution in [2.75, 3.05) is 20.1 Å². The normalized spacial score (nSPS) is 12.2. The molecule has 1 unspecified atom stereocenters. The zero-order chi connectivity index (χ0) is 16.5. The van der Waals surface area contributed by atoms with Crippen LogP contribution in [0.5, 0.6) is 5.75 Å². The van der Waals surface area contributed by atoms with Crippen LogP contribution in [0.25, 0.3) is 0 Å². The summed E-state index contributed by atoms with van der Waals surface area (Å²) in [5.41, 5.74) is 1.14. The number of nitrogens with one attached hydrogen (secondary N) is 2. The van der Waals surface area contributed by atoms with E-state index in [1.165, 1.54) is 0 Å². The van der Waals surface area contributed by atoms with Gasteiger partial charge in [0.2, 0.25) is 0 Å². The Kier molecular flexibility index (Phi) is 9.21. The van der Waals surface area contributed by atoms with Gasteiger partial charge < -0.3 is 15.4 Å². The Bertz CT molecular complexity index is 615. The number of guanidine groups is 1. The zero-order valence-electron chi connectivity index (χ0n) is 14.4. The maximum absolute atomic E-state index is 5.94. The second-order valence-corrected chi connectivity index (χ2v) is 5.34. The molecule has 1 atom stereocenters. The van der Waals surface area contributed by atoms with Gasteiger partial charge in [-0.25, -0.2) is 0 Å². The highest BCUT2D eigenvalue weighted by atomic mass is 127. The highest BCUT2D eigenvalue weighted by molar-refractivity contribution is 14.0. The number of aromatic nitrogens is 2. The molecule has 1 aromatic carbocycles. The standard InChI is InChI=1S/C17H25N5O.HI/c1-14-7-4-5-8-16(14)23-15(2)13-20-17(18-3)19-10-12-22-11-6-9-21-22;/h4-9,11,15H,10,12-13H2,1-3H3,(H2,18,19,20);1H. The van der Waals surface area contributed by atoms with Crippen LogP contribution in [0.15, 0.2) is 47.7 Å². The zero-order valence-corrected chi connectivity index (χ0v) is 16.7. The van der Waals surface area contributed by atoms with Crippen molar-refractivity contribution in [3.05, 3.63) is 48.3 Å². The lowest BCUT2D eigenvalue weighted by Crippen LogP contribution is -2.42. The number of ether oxygens (including phenoxy) is 1. The third kappa shape index (κ3) is 6.77. The van der Waals surface area contributed by atoms with Crippen LogP contribution in [0.3, 0.4) is 0 Å². The quantitative estimate of drug-likeness (QED) is 0.392. The van der Waals surface area contributed by atoms with Crippen molar-refractivity contribution in [3.63, 3.8) is 0 Å². The molecule has 0 aliphatic heterocycles. The van der Waals surface area contributed by atoms with Gasteiger partial charge in [-0.1, -0.05) is 18.2 Å². The van der Waals surface area contributed by atoms with E-state index in [1.54, 1.807) is 13.2 Å². The predicted octanol–water partition coefficient (Wildman–Crippen LogP) is 2.44. The van der Waals surface area contributed by atoms with Crippen LogP contribution in [-0.2, 0) is 6.54 Å². The molecule has 2 aromatic rings. The van der Waals surface area contributed by atoms with Gasteiger partial charge in [0.1, 0.15) is 11.9 Å². The first-order chi connectivity index (χ1) is 11.2. The summed E-state index contributed by atoms with van der Waals surface area (Å²) in [5, 5.41) is 10.7. The average molecular weight is 443 g/mol. The van der Waals surface area contributed by atoms with Crippen molar-refractivity contribution in [3.8, 4) is 5.75 Å². The SMILES string of the molecule is CN=C(NCCn1cccn1)NCC(C)Oc1ccccc1C.I. The number of nitrogens with zero attached hydrogens (tertiary/aromatic N) is 3. The summed E-state index contributed by atoms with van der Waals surface area (Å²) in [7, 11) is 1.76. The summed E-state index contributed by atoms with van der Waals surface area (Å²) in [4.78, 5) is 4.21. The van der Waals surface area contributed by atoms with Crippen LogP contribution in [0, 0.1) is 6.92 Å². The molecule has 0 saturated carbocycles. The van der Waals surface area contributed by atoms with E-state index in [2.05, 4.69) is 20.7 Å². The van der Waals surface area contributed by atoms with E-state index in [0.29, 0.717) is 6.54 Å². The number of halogens is 1. The van der Waals surface area contributed by atoms with Gasteiger partial charge in [0.15, 0.2) is 5.96 Å². The van der Waals surface area contributed by atoms with E-state index in [-0.39, 0.29) is 30.1 Å². The van der Waals surface area contributed by atoms with Crippen LogP contribution >= 0.6 is 24.0 Å². The largest absolute Gasteiger partial charge is 0.489 e. The molecule has 2 rings (SSSR count). The molecule has 1 heterocycles. The molecule has 0 aliphatic carbocycles. The van der Waals surface area contributed by atoms with Gasteiger partial charge in [0.25, 0.3) is 0 Å². The molecule has 2 N–H and O–H groups in total. The van der Waals surface area contributed by atoms with E-state index in [4.69, 9.17) is 4.74 Å². The van der Waals surface area contributed by atoms with Crippen molar-refractivity contribution in [1.29, 1.82) is 0 Å². The Morgan fingerprint density at radius 2 is 2.08 bits per heavy atom. The average Bonchev–Trinajstić information content (AvgIpc) is 3.06.